The summed E-state index contributed by atoms with van der Waals surface area (Å²) >= 11 is 1.49. The minimum Gasteiger partial charge on any atom is -0.494 e. The molecule has 1 heterocycles. The molecule has 0 amide bonds. The molecule has 3 nitrogen and oxygen atoms in total. The van der Waals surface area contributed by atoms with E-state index in [9.17, 15) is 4.79 Å². The molecule has 2 N–H and O–H groups in total. The van der Waals surface area contributed by atoms with Crippen LogP contribution >= 0.6 is 11.3 Å². The van der Waals surface area contributed by atoms with Crippen LogP contribution in [0.25, 0.3) is 0 Å². The zero-order valence-electron chi connectivity index (χ0n) is 10.1. The quantitative estimate of drug-likeness (QED) is 0.842. The number of hydrogen-bond acceptors (Lipinski definition) is 4. The first kappa shape index (κ1) is 12.8. The van der Waals surface area contributed by atoms with Gasteiger partial charge in [-0.05, 0) is 42.6 Å². The zero-order chi connectivity index (χ0) is 13.0. The van der Waals surface area contributed by atoms with E-state index in [0.29, 0.717) is 12.2 Å². The van der Waals surface area contributed by atoms with Gasteiger partial charge in [-0.2, -0.15) is 0 Å². The molecule has 1 unspecified atom stereocenters. The van der Waals surface area contributed by atoms with Crippen LogP contribution in [-0.4, -0.2) is 12.4 Å². The largest absolute Gasteiger partial charge is 0.494 e. The molecule has 0 saturated carbocycles. The number of carbonyl (C=O) groups is 1. The first-order valence-electron chi connectivity index (χ1n) is 5.78. The number of thiophene rings is 1. The van der Waals surface area contributed by atoms with E-state index in [4.69, 9.17) is 10.5 Å². The summed E-state index contributed by atoms with van der Waals surface area (Å²) in [6.45, 7) is 2.54. The third-order valence-corrected chi connectivity index (χ3v) is 3.54. The van der Waals surface area contributed by atoms with Gasteiger partial charge in [-0.3, -0.25) is 4.79 Å². The number of carbonyl (C=O) groups excluding carboxylic acids is 1. The Balaban J connectivity index is 2.13. The van der Waals surface area contributed by atoms with Gasteiger partial charge in [-0.1, -0.05) is 6.07 Å². The fraction of sp³-hybridized carbons (Fsp3) is 0.214. The lowest BCUT2D eigenvalue weighted by Gasteiger charge is -2.09. The maximum absolute atomic E-state index is 12.2. The molecule has 0 spiro atoms. The van der Waals surface area contributed by atoms with Gasteiger partial charge >= 0.3 is 0 Å². The van der Waals surface area contributed by atoms with Crippen LogP contribution in [0.2, 0.25) is 0 Å². The topological polar surface area (TPSA) is 52.3 Å². The van der Waals surface area contributed by atoms with Gasteiger partial charge in [0.15, 0.2) is 5.78 Å². The molecule has 18 heavy (non-hydrogen) atoms. The highest BCUT2D eigenvalue weighted by Gasteiger charge is 2.18. The molecule has 1 aromatic carbocycles. The number of Topliss-reactive ketones (excluding diaryl/α,β-unsaturated/α-hetero) is 1. The van der Waals surface area contributed by atoms with Gasteiger partial charge in [0.2, 0.25) is 0 Å². The SMILES string of the molecule is CCOc1ccc(C(=O)C(N)c2cccs2)cc1. The maximum Gasteiger partial charge on any atom is 0.184 e. The van der Waals surface area contributed by atoms with Gasteiger partial charge in [0.25, 0.3) is 0 Å². The van der Waals surface area contributed by atoms with Gasteiger partial charge < -0.3 is 10.5 Å². The fourth-order valence-corrected chi connectivity index (χ4v) is 2.38. The predicted molar refractivity (Wildman–Crippen MR) is 73.2 cm³/mol. The Bertz CT molecular complexity index is 505. The molecular weight excluding hydrogens is 246 g/mol. The van der Waals surface area contributed by atoms with Crippen molar-refractivity contribution in [3.63, 3.8) is 0 Å². The molecule has 0 bridgehead atoms. The number of benzene rings is 1. The van der Waals surface area contributed by atoms with Crippen LogP contribution in [0.5, 0.6) is 5.75 Å². The zero-order valence-corrected chi connectivity index (χ0v) is 10.9. The second-order valence-corrected chi connectivity index (χ2v) is 4.79. The summed E-state index contributed by atoms with van der Waals surface area (Å²) in [6, 6.07) is 10.3. The van der Waals surface area contributed by atoms with Crippen LogP contribution in [0, 0.1) is 0 Å². The van der Waals surface area contributed by atoms with E-state index >= 15 is 0 Å². The van der Waals surface area contributed by atoms with Crippen LogP contribution in [0.1, 0.15) is 28.2 Å². The summed E-state index contributed by atoms with van der Waals surface area (Å²) in [6.07, 6.45) is 0. The number of rotatable bonds is 5. The average molecular weight is 261 g/mol. The molecule has 94 valence electrons. The summed E-state index contributed by atoms with van der Waals surface area (Å²) in [5.41, 5.74) is 6.55. The Labute approximate surface area is 110 Å². The normalized spacial score (nSPS) is 12.1. The van der Waals surface area contributed by atoms with Crippen molar-refractivity contribution < 1.29 is 9.53 Å². The average Bonchev–Trinajstić information content (AvgIpc) is 2.92. The van der Waals surface area contributed by atoms with Gasteiger partial charge in [-0.15, -0.1) is 11.3 Å². The molecule has 2 rings (SSSR count). The van der Waals surface area contributed by atoms with E-state index in [2.05, 4.69) is 0 Å². The van der Waals surface area contributed by atoms with Crippen LogP contribution in [0.15, 0.2) is 41.8 Å². The predicted octanol–water partition coefficient (Wildman–Crippen LogP) is 3.03. The highest BCUT2D eigenvalue weighted by atomic mass is 32.1. The second-order valence-electron chi connectivity index (χ2n) is 3.81. The van der Waals surface area contributed by atoms with Crippen LogP contribution in [0.4, 0.5) is 0 Å². The van der Waals surface area contributed by atoms with E-state index in [1.807, 2.05) is 24.4 Å². The number of ether oxygens (including phenoxy) is 1. The molecular formula is C14H15NO2S. The smallest absolute Gasteiger partial charge is 0.184 e. The molecule has 1 atom stereocenters. The Kier molecular flexibility index (Phi) is 4.12. The van der Waals surface area contributed by atoms with Crippen molar-refractivity contribution in [2.75, 3.05) is 6.61 Å². The Morgan fingerprint density at radius 2 is 2.06 bits per heavy atom. The summed E-state index contributed by atoms with van der Waals surface area (Å²) in [4.78, 5) is 13.0. The third kappa shape index (κ3) is 2.78. The van der Waals surface area contributed by atoms with Crippen LogP contribution < -0.4 is 10.5 Å². The van der Waals surface area contributed by atoms with Crippen molar-refractivity contribution in [3.8, 4) is 5.75 Å². The van der Waals surface area contributed by atoms with E-state index < -0.39 is 6.04 Å². The second kappa shape index (κ2) is 5.80. The monoisotopic (exact) mass is 261 g/mol. The van der Waals surface area contributed by atoms with Gasteiger partial charge in [0, 0.05) is 10.4 Å². The van der Waals surface area contributed by atoms with Gasteiger partial charge in [0.1, 0.15) is 11.8 Å². The van der Waals surface area contributed by atoms with E-state index in [1.165, 1.54) is 11.3 Å². The standard InChI is InChI=1S/C14H15NO2S/c1-2-17-11-7-5-10(6-8-11)14(16)13(15)12-4-3-9-18-12/h3-9,13H,2,15H2,1H3. The highest BCUT2D eigenvalue weighted by Crippen LogP contribution is 2.22. The fourth-order valence-electron chi connectivity index (χ4n) is 1.66. The minimum absolute atomic E-state index is 0.0690. The maximum atomic E-state index is 12.2. The van der Waals surface area contributed by atoms with E-state index in [0.717, 1.165) is 10.6 Å². The van der Waals surface area contributed by atoms with Gasteiger partial charge in [0.05, 0.1) is 6.61 Å². The van der Waals surface area contributed by atoms with Gasteiger partial charge in [-0.25, -0.2) is 0 Å². The molecule has 0 aliphatic rings. The Morgan fingerprint density at radius 1 is 1.33 bits per heavy atom. The molecule has 0 saturated heterocycles. The van der Waals surface area contributed by atoms with Crippen molar-refractivity contribution in [2.24, 2.45) is 5.73 Å². The first-order valence-corrected chi connectivity index (χ1v) is 6.66. The Morgan fingerprint density at radius 3 is 2.61 bits per heavy atom. The van der Waals surface area contributed by atoms with Crippen molar-refractivity contribution in [1.29, 1.82) is 0 Å². The molecule has 0 aliphatic carbocycles. The highest BCUT2D eigenvalue weighted by molar-refractivity contribution is 7.10. The molecule has 0 fully saturated rings. The van der Waals surface area contributed by atoms with Crippen LogP contribution in [0.3, 0.4) is 0 Å². The van der Waals surface area contributed by atoms with Crippen molar-refractivity contribution in [2.45, 2.75) is 13.0 Å². The summed E-state index contributed by atoms with van der Waals surface area (Å²) in [5.74, 6) is 0.694. The molecule has 2 aromatic rings. The number of hydrogen-bond donors (Lipinski definition) is 1. The minimum atomic E-state index is -0.581. The lowest BCUT2D eigenvalue weighted by atomic mass is 10.0. The summed E-state index contributed by atoms with van der Waals surface area (Å²) in [7, 11) is 0. The third-order valence-electron chi connectivity index (χ3n) is 2.58. The van der Waals surface area contributed by atoms with E-state index in [-0.39, 0.29) is 5.78 Å². The molecule has 0 aliphatic heterocycles. The van der Waals surface area contributed by atoms with E-state index in [1.54, 1.807) is 24.3 Å². The molecule has 4 heteroatoms. The Hall–Kier alpha value is -1.65. The van der Waals surface area contributed by atoms with Crippen molar-refractivity contribution in [3.05, 3.63) is 52.2 Å². The summed E-state index contributed by atoms with van der Waals surface area (Å²) < 4.78 is 5.33. The number of ketones is 1. The van der Waals surface area contributed by atoms with Crippen molar-refractivity contribution in [1.82, 2.24) is 0 Å². The first-order chi connectivity index (χ1) is 8.72. The van der Waals surface area contributed by atoms with Crippen LogP contribution in [-0.2, 0) is 0 Å². The molecule has 1 aromatic heterocycles. The number of nitrogens with two attached hydrogens (primary N) is 1. The van der Waals surface area contributed by atoms with Crippen molar-refractivity contribution >= 4 is 17.1 Å². The summed E-state index contributed by atoms with van der Waals surface area (Å²) in [5, 5.41) is 1.92. The molecule has 0 radical (unpaired) electrons. The lowest BCUT2D eigenvalue weighted by molar-refractivity contribution is 0.0962. The lowest BCUT2D eigenvalue weighted by Crippen LogP contribution is -2.20.